The first-order valence-corrected chi connectivity index (χ1v) is 8.06. The molecule has 0 bridgehead atoms. The molecule has 20 heavy (non-hydrogen) atoms. The van der Waals surface area contributed by atoms with E-state index in [4.69, 9.17) is 4.79 Å². The Morgan fingerprint density at radius 3 is 1.75 bits per heavy atom. The van der Waals surface area contributed by atoms with Crippen molar-refractivity contribution in [2.45, 2.75) is 81.1 Å². The third-order valence-electron chi connectivity index (χ3n) is 2.61. The summed E-state index contributed by atoms with van der Waals surface area (Å²) < 4.78 is 0. The molecule has 2 nitrogen and oxygen atoms in total. The Balaban J connectivity index is -0.000000245. The van der Waals surface area contributed by atoms with E-state index in [1.807, 2.05) is 27.1 Å². The fourth-order valence-corrected chi connectivity index (χ4v) is 1.47. The molecule has 0 radical (unpaired) electrons. The molecule has 0 N–H and O–H groups in total. The summed E-state index contributed by atoms with van der Waals surface area (Å²) in [4.78, 5) is 12.8. The Hall–Kier alpha value is -0.660. The molecule has 0 aromatic heterocycles. The van der Waals surface area contributed by atoms with E-state index in [2.05, 4.69) is 39.6 Å². The van der Waals surface area contributed by atoms with E-state index in [0.717, 1.165) is 18.1 Å². The van der Waals surface area contributed by atoms with Crippen molar-refractivity contribution in [3.8, 4) is 0 Å². The lowest BCUT2D eigenvalue weighted by Gasteiger charge is -2.30. The van der Waals surface area contributed by atoms with Crippen molar-refractivity contribution in [3.63, 3.8) is 0 Å². The molecule has 0 aromatic rings. The van der Waals surface area contributed by atoms with Gasteiger partial charge in [-0.25, -0.2) is 0 Å². The van der Waals surface area contributed by atoms with E-state index in [-0.39, 0.29) is 0 Å². The highest BCUT2D eigenvalue weighted by molar-refractivity contribution is 5.57. The van der Waals surface area contributed by atoms with Crippen LogP contribution in [0.15, 0.2) is 4.99 Å². The number of carbonyl (C=O) groups excluding carboxylic acids is 1. The fraction of sp³-hybridized carbons (Fsp3) is 0.889. The number of carbonyl (C=O) groups is 1. The van der Waals surface area contributed by atoms with Crippen molar-refractivity contribution >= 4 is 12.5 Å². The molecule has 1 rings (SSSR count). The van der Waals surface area contributed by atoms with Crippen LogP contribution in [-0.4, -0.2) is 19.5 Å². The molecule has 0 amide bonds. The smallest absolute Gasteiger partial charge is 0.116 e. The number of rotatable bonds is 3. The summed E-state index contributed by atoms with van der Waals surface area (Å²) in [5.41, 5.74) is 0.500. The SMILES string of the molecule is CC.CC(C)(C)C.CC=O.CN=CCC(C)C1CCC1. The monoisotopic (exact) mass is 285 g/mol. The van der Waals surface area contributed by atoms with Crippen molar-refractivity contribution in [1.82, 2.24) is 0 Å². The molecule has 1 saturated carbocycles. The van der Waals surface area contributed by atoms with Crippen molar-refractivity contribution in [2.24, 2.45) is 22.2 Å². The topological polar surface area (TPSA) is 29.4 Å². The van der Waals surface area contributed by atoms with Gasteiger partial charge in [-0.3, -0.25) is 0 Å². The van der Waals surface area contributed by atoms with Crippen LogP contribution in [0.3, 0.4) is 0 Å². The molecular weight excluding hydrogens is 246 g/mol. The molecule has 1 aliphatic rings. The third-order valence-corrected chi connectivity index (χ3v) is 2.61. The predicted octanol–water partition coefficient (Wildman–Crippen LogP) is 5.80. The summed E-state index contributed by atoms with van der Waals surface area (Å²) >= 11 is 0. The zero-order valence-electron chi connectivity index (χ0n) is 15.5. The highest BCUT2D eigenvalue weighted by Crippen LogP contribution is 2.34. The molecule has 1 aliphatic carbocycles. The first-order valence-electron chi connectivity index (χ1n) is 8.06. The van der Waals surface area contributed by atoms with Crippen LogP contribution in [0.5, 0.6) is 0 Å². The van der Waals surface area contributed by atoms with E-state index in [1.54, 1.807) is 0 Å². The number of hydrogen-bond acceptors (Lipinski definition) is 2. The Morgan fingerprint density at radius 2 is 1.55 bits per heavy atom. The third kappa shape index (κ3) is 26.0. The van der Waals surface area contributed by atoms with Crippen LogP contribution >= 0.6 is 0 Å². The van der Waals surface area contributed by atoms with Gasteiger partial charge in [0.1, 0.15) is 6.29 Å². The summed E-state index contributed by atoms with van der Waals surface area (Å²) in [6.07, 6.45) is 8.35. The molecule has 1 fully saturated rings. The standard InChI is InChI=1S/C9H17N.C5H12.C2H4O.C2H6/c1-8(6-7-10-2)9-4-3-5-9;1-5(2,3)4;1-2-3;1-2/h7-9H,3-6H2,1-2H3;1-4H3;2H,1H3;1-2H3. The van der Waals surface area contributed by atoms with Gasteiger partial charge in [0.05, 0.1) is 0 Å². The van der Waals surface area contributed by atoms with Gasteiger partial charge in [0.2, 0.25) is 0 Å². The van der Waals surface area contributed by atoms with Crippen LogP contribution in [-0.2, 0) is 4.79 Å². The second-order valence-corrected chi connectivity index (χ2v) is 6.58. The highest BCUT2D eigenvalue weighted by atomic mass is 16.1. The maximum atomic E-state index is 8.81. The molecule has 0 aromatic carbocycles. The zero-order chi connectivity index (χ0) is 16.6. The Kier molecular flexibility index (Phi) is 20.0. The number of aldehydes is 1. The van der Waals surface area contributed by atoms with E-state index in [9.17, 15) is 0 Å². The molecule has 1 unspecified atom stereocenters. The maximum Gasteiger partial charge on any atom is 0.116 e. The van der Waals surface area contributed by atoms with Crippen LogP contribution in [0.1, 0.15) is 81.1 Å². The lowest BCUT2D eigenvalue weighted by molar-refractivity contribution is -0.106. The minimum absolute atomic E-state index is 0.500. The summed E-state index contributed by atoms with van der Waals surface area (Å²) in [7, 11) is 1.85. The quantitative estimate of drug-likeness (QED) is 0.476. The van der Waals surface area contributed by atoms with Gasteiger partial charge < -0.3 is 9.79 Å². The van der Waals surface area contributed by atoms with Gasteiger partial charge >= 0.3 is 0 Å². The minimum atomic E-state index is 0.500. The van der Waals surface area contributed by atoms with Crippen LogP contribution in [0, 0.1) is 17.3 Å². The Labute approximate surface area is 128 Å². The van der Waals surface area contributed by atoms with Crippen molar-refractivity contribution in [2.75, 3.05) is 7.05 Å². The van der Waals surface area contributed by atoms with E-state index >= 15 is 0 Å². The minimum Gasteiger partial charge on any atom is -0.304 e. The maximum absolute atomic E-state index is 8.81. The molecule has 0 spiro atoms. The van der Waals surface area contributed by atoms with Gasteiger partial charge in [-0.1, -0.05) is 67.7 Å². The average Bonchev–Trinajstić information content (AvgIpc) is 2.25. The molecule has 0 heterocycles. The van der Waals surface area contributed by atoms with Gasteiger partial charge in [-0.2, -0.15) is 0 Å². The zero-order valence-corrected chi connectivity index (χ0v) is 15.5. The average molecular weight is 286 g/mol. The van der Waals surface area contributed by atoms with Crippen molar-refractivity contribution in [3.05, 3.63) is 0 Å². The van der Waals surface area contributed by atoms with Crippen LogP contribution in [0.25, 0.3) is 0 Å². The van der Waals surface area contributed by atoms with Crippen molar-refractivity contribution in [1.29, 1.82) is 0 Å². The largest absolute Gasteiger partial charge is 0.304 e. The van der Waals surface area contributed by atoms with Gasteiger partial charge in [0.25, 0.3) is 0 Å². The van der Waals surface area contributed by atoms with Gasteiger partial charge in [0.15, 0.2) is 0 Å². The normalized spacial score (nSPS) is 15.4. The molecular formula is C18H39NO. The van der Waals surface area contributed by atoms with Gasteiger partial charge in [-0.05, 0) is 36.8 Å². The Morgan fingerprint density at radius 1 is 1.20 bits per heavy atom. The number of aliphatic imine (C=N–C) groups is 1. The molecule has 122 valence electrons. The molecule has 0 saturated heterocycles. The number of nitrogens with zero attached hydrogens (tertiary/aromatic N) is 1. The second-order valence-electron chi connectivity index (χ2n) is 6.58. The van der Waals surface area contributed by atoms with Gasteiger partial charge in [-0.15, -0.1) is 0 Å². The summed E-state index contributed by atoms with van der Waals surface area (Å²) in [6, 6.07) is 0. The van der Waals surface area contributed by atoms with Crippen molar-refractivity contribution < 1.29 is 4.79 Å². The summed E-state index contributed by atoms with van der Waals surface area (Å²) in [5, 5.41) is 0. The molecule has 1 atom stereocenters. The van der Waals surface area contributed by atoms with Gasteiger partial charge in [0, 0.05) is 7.05 Å². The molecule has 0 aliphatic heterocycles. The van der Waals surface area contributed by atoms with E-state index in [1.165, 1.54) is 32.6 Å². The summed E-state index contributed by atoms with van der Waals surface area (Å²) in [5.74, 6) is 1.88. The van der Waals surface area contributed by atoms with E-state index < -0.39 is 0 Å². The summed E-state index contributed by atoms with van der Waals surface area (Å²) in [6.45, 7) is 16.5. The second kappa shape index (κ2) is 16.4. The van der Waals surface area contributed by atoms with Crippen LogP contribution in [0.4, 0.5) is 0 Å². The highest BCUT2D eigenvalue weighted by Gasteiger charge is 2.22. The predicted molar refractivity (Wildman–Crippen MR) is 93.8 cm³/mol. The van der Waals surface area contributed by atoms with Crippen LogP contribution < -0.4 is 0 Å². The molecule has 2 heteroatoms. The Bertz CT molecular complexity index is 206. The van der Waals surface area contributed by atoms with E-state index in [0.29, 0.717) is 5.41 Å². The fourth-order valence-electron chi connectivity index (χ4n) is 1.47. The number of hydrogen-bond donors (Lipinski definition) is 0. The first kappa shape index (κ1) is 24.4. The van der Waals surface area contributed by atoms with Crippen LogP contribution in [0.2, 0.25) is 0 Å². The first-order chi connectivity index (χ1) is 9.26. The lowest BCUT2D eigenvalue weighted by atomic mass is 9.76. The lowest BCUT2D eigenvalue weighted by Crippen LogP contribution is -2.19.